The van der Waals surface area contributed by atoms with Crippen molar-refractivity contribution in [2.45, 2.75) is 0 Å². The maximum atomic E-state index is 13.7. The van der Waals surface area contributed by atoms with Crippen LogP contribution >= 0.6 is 0 Å². The van der Waals surface area contributed by atoms with Crippen LogP contribution in [0.3, 0.4) is 0 Å². The molecule has 0 bridgehead atoms. The normalized spacial score (nSPS) is 10.5. The summed E-state index contributed by atoms with van der Waals surface area (Å²) >= 11 is 0. The average molecular weight is 302 g/mol. The molecule has 7 nitrogen and oxygen atoms in total. The van der Waals surface area contributed by atoms with E-state index in [9.17, 15) is 4.39 Å². The van der Waals surface area contributed by atoms with Crippen LogP contribution in [0.25, 0.3) is 22.8 Å². The molecule has 8 heteroatoms. The van der Waals surface area contributed by atoms with Crippen LogP contribution in [0.4, 0.5) is 4.39 Å². The molecule has 112 valence electrons. The Morgan fingerprint density at radius 2 is 1.82 bits per heavy atom. The van der Waals surface area contributed by atoms with Crippen LogP contribution in [-0.2, 0) is 0 Å². The molecule has 0 saturated heterocycles. The number of methoxy groups -OCH3 is 2. The number of ether oxygens (including phenoxy) is 2. The van der Waals surface area contributed by atoms with E-state index in [1.165, 1.54) is 38.7 Å². The number of nitrogens with zero attached hydrogens (tertiary/aromatic N) is 4. The van der Waals surface area contributed by atoms with Gasteiger partial charge in [-0.25, -0.2) is 14.4 Å². The second kappa shape index (κ2) is 5.76. The lowest BCUT2D eigenvalue weighted by atomic mass is 10.2. The van der Waals surface area contributed by atoms with Gasteiger partial charge in [0.15, 0.2) is 11.6 Å². The minimum absolute atomic E-state index is 0.149. The first-order valence-corrected chi connectivity index (χ1v) is 6.25. The van der Waals surface area contributed by atoms with E-state index < -0.39 is 5.82 Å². The van der Waals surface area contributed by atoms with Crippen molar-refractivity contribution in [3.05, 3.63) is 36.4 Å². The van der Waals surface area contributed by atoms with Crippen LogP contribution in [0.2, 0.25) is 0 Å². The lowest BCUT2D eigenvalue weighted by Gasteiger charge is -2.01. The van der Waals surface area contributed by atoms with Crippen molar-refractivity contribution >= 4 is 0 Å². The van der Waals surface area contributed by atoms with E-state index in [0.717, 1.165) is 0 Å². The van der Waals surface area contributed by atoms with Gasteiger partial charge in [0.2, 0.25) is 5.82 Å². The van der Waals surface area contributed by atoms with Crippen LogP contribution < -0.4 is 9.47 Å². The first-order chi connectivity index (χ1) is 10.7. The Morgan fingerprint density at radius 1 is 1.05 bits per heavy atom. The van der Waals surface area contributed by atoms with Crippen molar-refractivity contribution in [1.82, 2.24) is 20.1 Å². The van der Waals surface area contributed by atoms with Gasteiger partial charge in [-0.2, -0.15) is 4.98 Å². The number of benzene rings is 1. The van der Waals surface area contributed by atoms with E-state index in [2.05, 4.69) is 20.1 Å². The fourth-order valence-corrected chi connectivity index (χ4v) is 1.80. The summed E-state index contributed by atoms with van der Waals surface area (Å²) in [5.41, 5.74) is 1.01. The van der Waals surface area contributed by atoms with Crippen molar-refractivity contribution in [1.29, 1.82) is 0 Å². The molecular formula is C14H11FN4O3. The highest BCUT2D eigenvalue weighted by Crippen LogP contribution is 2.25. The van der Waals surface area contributed by atoms with Crippen LogP contribution in [0.5, 0.6) is 11.8 Å². The first kappa shape index (κ1) is 13.9. The standard InChI is InChI=1S/C14H11FN4O3/c1-20-11-4-3-8(5-10(11)15)12-18-13(22-19-12)9-6-16-14(21-2)17-7-9/h3-7H,1-2H3. The molecule has 0 aliphatic carbocycles. The second-order valence-electron chi connectivity index (χ2n) is 4.23. The molecule has 0 aliphatic rings. The molecular weight excluding hydrogens is 291 g/mol. The van der Waals surface area contributed by atoms with Gasteiger partial charge in [-0.15, -0.1) is 0 Å². The van der Waals surface area contributed by atoms with E-state index >= 15 is 0 Å². The maximum Gasteiger partial charge on any atom is 0.316 e. The molecule has 0 fully saturated rings. The molecule has 1 aromatic carbocycles. The van der Waals surface area contributed by atoms with Gasteiger partial charge in [0, 0.05) is 18.0 Å². The lowest BCUT2D eigenvalue weighted by molar-refractivity contribution is 0.379. The zero-order valence-corrected chi connectivity index (χ0v) is 11.8. The molecule has 0 radical (unpaired) electrons. The minimum Gasteiger partial charge on any atom is -0.494 e. The Hall–Kier alpha value is -3.03. The van der Waals surface area contributed by atoms with E-state index in [-0.39, 0.29) is 23.5 Å². The van der Waals surface area contributed by atoms with Crippen LogP contribution in [0, 0.1) is 5.82 Å². The monoisotopic (exact) mass is 302 g/mol. The van der Waals surface area contributed by atoms with E-state index in [1.807, 2.05) is 0 Å². The number of halogens is 1. The molecule has 22 heavy (non-hydrogen) atoms. The highest BCUT2D eigenvalue weighted by molar-refractivity contribution is 5.59. The summed E-state index contributed by atoms with van der Waals surface area (Å²) in [6.07, 6.45) is 3.00. The highest BCUT2D eigenvalue weighted by atomic mass is 19.1. The zero-order chi connectivity index (χ0) is 15.5. The number of hydrogen-bond donors (Lipinski definition) is 0. The van der Waals surface area contributed by atoms with Crippen molar-refractivity contribution in [3.8, 4) is 34.6 Å². The fourth-order valence-electron chi connectivity index (χ4n) is 1.80. The Balaban J connectivity index is 1.91. The first-order valence-electron chi connectivity index (χ1n) is 6.25. The SMILES string of the molecule is COc1ncc(-c2nc(-c3ccc(OC)c(F)c3)no2)cn1. The molecule has 0 amide bonds. The molecule has 3 aromatic rings. The van der Waals surface area contributed by atoms with Gasteiger partial charge in [0.1, 0.15) is 0 Å². The molecule has 0 aliphatic heterocycles. The summed E-state index contributed by atoms with van der Waals surface area (Å²) in [6, 6.07) is 4.65. The zero-order valence-electron chi connectivity index (χ0n) is 11.8. The number of aromatic nitrogens is 4. The summed E-state index contributed by atoms with van der Waals surface area (Å²) in [6.45, 7) is 0. The van der Waals surface area contributed by atoms with Gasteiger partial charge >= 0.3 is 6.01 Å². The van der Waals surface area contributed by atoms with Crippen molar-refractivity contribution in [2.24, 2.45) is 0 Å². The third-order valence-corrected chi connectivity index (χ3v) is 2.89. The molecule has 0 N–H and O–H groups in total. The van der Waals surface area contributed by atoms with Crippen molar-refractivity contribution < 1.29 is 18.4 Å². The number of hydrogen-bond acceptors (Lipinski definition) is 7. The fraction of sp³-hybridized carbons (Fsp3) is 0.143. The van der Waals surface area contributed by atoms with Gasteiger partial charge in [-0.1, -0.05) is 5.16 Å². The van der Waals surface area contributed by atoms with Gasteiger partial charge in [-0.3, -0.25) is 0 Å². The molecule has 2 aromatic heterocycles. The molecule has 3 rings (SSSR count). The summed E-state index contributed by atoms with van der Waals surface area (Å²) in [5, 5.41) is 3.82. The van der Waals surface area contributed by atoms with Gasteiger partial charge in [-0.05, 0) is 18.2 Å². The Morgan fingerprint density at radius 3 is 2.45 bits per heavy atom. The van der Waals surface area contributed by atoms with Crippen molar-refractivity contribution in [3.63, 3.8) is 0 Å². The largest absolute Gasteiger partial charge is 0.494 e. The van der Waals surface area contributed by atoms with Crippen LogP contribution in [0.15, 0.2) is 35.1 Å². The molecule has 0 unspecified atom stereocenters. The third-order valence-electron chi connectivity index (χ3n) is 2.89. The van der Waals surface area contributed by atoms with Gasteiger partial charge in [0.25, 0.3) is 5.89 Å². The smallest absolute Gasteiger partial charge is 0.316 e. The summed E-state index contributed by atoms with van der Waals surface area (Å²) in [7, 11) is 2.87. The molecule has 0 atom stereocenters. The minimum atomic E-state index is -0.501. The predicted molar refractivity (Wildman–Crippen MR) is 73.8 cm³/mol. The van der Waals surface area contributed by atoms with E-state index in [0.29, 0.717) is 11.1 Å². The van der Waals surface area contributed by atoms with Crippen LogP contribution in [-0.4, -0.2) is 34.3 Å². The Labute approximate surface area is 124 Å². The summed E-state index contributed by atoms with van der Waals surface area (Å²) < 4.78 is 28.6. The number of rotatable bonds is 4. The molecule has 2 heterocycles. The Bertz CT molecular complexity index is 789. The maximum absolute atomic E-state index is 13.7. The topological polar surface area (TPSA) is 83.2 Å². The van der Waals surface area contributed by atoms with Crippen molar-refractivity contribution in [2.75, 3.05) is 14.2 Å². The lowest BCUT2D eigenvalue weighted by Crippen LogP contribution is -1.91. The summed E-state index contributed by atoms with van der Waals surface area (Å²) in [5.74, 6) is 0.136. The molecule has 0 spiro atoms. The van der Waals surface area contributed by atoms with Gasteiger partial charge < -0.3 is 14.0 Å². The predicted octanol–water partition coefficient (Wildman–Crippen LogP) is 2.35. The summed E-state index contributed by atoms with van der Waals surface area (Å²) in [4.78, 5) is 12.1. The quantitative estimate of drug-likeness (QED) is 0.731. The van der Waals surface area contributed by atoms with E-state index in [4.69, 9.17) is 14.0 Å². The third kappa shape index (κ3) is 2.58. The average Bonchev–Trinajstić information content (AvgIpc) is 3.05. The Kier molecular flexibility index (Phi) is 3.65. The second-order valence-corrected chi connectivity index (χ2v) is 4.23. The highest BCUT2D eigenvalue weighted by Gasteiger charge is 2.13. The van der Waals surface area contributed by atoms with Crippen LogP contribution in [0.1, 0.15) is 0 Å². The molecule has 0 saturated carbocycles. The van der Waals surface area contributed by atoms with Gasteiger partial charge in [0.05, 0.1) is 19.8 Å². The van der Waals surface area contributed by atoms with E-state index in [1.54, 1.807) is 6.07 Å².